The number of aryl methyl sites for hydroxylation is 1. The SMILES string of the molecule is COc1cc(C)c(CC/C(C)=C/CO)c(C)c1C. The number of benzene rings is 1. The van der Waals surface area contributed by atoms with Crippen LogP contribution >= 0.6 is 0 Å². The van der Waals surface area contributed by atoms with Gasteiger partial charge in [-0.2, -0.15) is 0 Å². The fourth-order valence-electron chi connectivity index (χ4n) is 2.28. The summed E-state index contributed by atoms with van der Waals surface area (Å²) < 4.78 is 5.38. The lowest BCUT2D eigenvalue weighted by molar-refractivity contribution is 0.341. The molecular weight excluding hydrogens is 224 g/mol. The molecule has 1 aromatic rings. The number of hydrogen-bond acceptors (Lipinski definition) is 2. The van der Waals surface area contributed by atoms with Crippen molar-refractivity contribution in [3.05, 3.63) is 40.0 Å². The van der Waals surface area contributed by atoms with Crippen LogP contribution in [0.3, 0.4) is 0 Å². The van der Waals surface area contributed by atoms with Crippen molar-refractivity contribution in [2.75, 3.05) is 13.7 Å². The summed E-state index contributed by atoms with van der Waals surface area (Å²) in [7, 11) is 1.72. The summed E-state index contributed by atoms with van der Waals surface area (Å²) >= 11 is 0. The van der Waals surface area contributed by atoms with Crippen molar-refractivity contribution in [3.8, 4) is 5.75 Å². The van der Waals surface area contributed by atoms with Crippen LogP contribution in [-0.2, 0) is 6.42 Å². The molecule has 2 nitrogen and oxygen atoms in total. The van der Waals surface area contributed by atoms with Crippen molar-refractivity contribution in [1.29, 1.82) is 0 Å². The molecule has 0 aromatic heterocycles. The fraction of sp³-hybridized carbons (Fsp3) is 0.500. The zero-order valence-corrected chi connectivity index (χ0v) is 12.1. The maximum atomic E-state index is 8.86. The number of allylic oxidation sites excluding steroid dienone is 1. The lowest BCUT2D eigenvalue weighted by atomic mass is 9.93. The van der Waals surface area contributed by atoms with E-state index in [-0.39, 0.29) is 6.61 Å². The molecule has 1 N–H and O–H groups in total. The molecule has 0 bridgehead atoms. The quantitative estimate of drug-likeness (QED) is 0.808. The Balaban J connectivity index is 2.96. The van der Waals surface area contributed by atoms with E-state index in [0.717, 1.165) is 18.6 Å². The van der Waals surface area contributed by atoms with Gasteiger partial charge in [-0.1, -0.05) is 11.6 Å². The number of methoxy groups -OCH3 is 1. The van der Waals surface area contributed by atoms with Crippen LogP contribution in [0.1, 0.15) is 35.6 Å². The lowest BCUT2D eigenvalue weighted by Crippen LogP contribution is -2.00. The Morgan fingerprint density at radius 1 is 1.28 bits per heavy atom. The predicted octanol–water partition coefficient (Wildman–Crippen LogP) is 3.49. The fourth-order valence-corrected chi connectivity index (χ4v) is 2.28. The van der Waals surface area contributed by atoms with E-state index in [4.69, 9.17) is 9.84 Å². The molecule has 1 aromatic carbocycles. The van der Waals surface area contributed by atoms with Gasteiger partial charge in [-0.25, -0.2) is 0 Å². The molecule has 100 valence electrons. The third kappa shape index (κ3) is 3.36. The van der Waals surface area contributed by atoms with E-state index in [1.54, 1.807) is 7.11 Å². The minimum Gasteiger partial charge on any atom is -0.496 e. The first-order valence-corrected chi connectivity index (χ1v) is 6.41. The molecule has 0 unspecified atom stereocenters. The zero-order valence-electron chi connectivity index (χ0n) is 12.1. The number of aliphatic hydroxyl groups is 1. The molecule has 0 amide bonds. The molecule has 0 atom stereocenters. The molecule has 0 heterocycles. The van der Waals surface area contributed by atoms with E-state index in [1.165, 1.54) is 27.8 Å². The molecule has 0 radical (unpaired) electrons. The van der Waals surface area contributed by atoms with Crippen LogP contribution in [0, 0.1) is 20.8 Å². The first-order chi connectivity index (χ1) is 8.51. The standard InChI is InChI=1S/C16H24O2/c1-11(8-9-17)6-7-15-12(2)10-16(18-5)14(4)13(15)3/h8,10,17H,6-7,9H2,1-5H3/b11-8+. The van der Waals surface area contributed by atoms with Crippen LogP contribution in [0.25, 0.3) is 0 Å². The first-order valence-electron chi connectivity index (χ1n) is 6.41. The van der Waals surface area contributed by atoms with Gasteiger partial charge >= 0.3 is 0 Å². The van der Waals surface area contributed by atoms with Crippen molar-refractivity contribution >= 4 is 0 Å². The molecule has 0 aliphatic heterocycles. The minimum absolute atomic E-state index is 0.130. The van der Waals surface area contributed by atoms with Crippen molar-refractivity contribution in [1.82, 2.24) is 0 Å². The summed E-state index contributed by atoms with van der Waals surface area (Å²) in [5.74, 6) is 0.969. The number of rotatable bonds is 5. The minimum atomic E-state index is 0.130. The highest BCUT2D eigenvalue weighted by atomic mass is 16.5. The number of aliphatic hydroxyl groups excluding tert-OH is 1. The highest BCUT2D eigenvalue weighted by Gasteiger charge is 2.10. The van der Waals surface area contributed by atoms with E-state index in [1.807, 2.05) is 6.08 Å². The molecule has 18 heavy (non-hydrogen) atoms. The smallest absolute Gasteiger partial charge is 0.122 e. The van der Waals surface area contributed by atoms with E-state index in [2.05, 4.69) is 33.8 Å². The molecular formula is C16H24O2. The van der Waals surface area contributed by atoms with Gasteiger partial charge in [0.05, 0.1) is 13.7 Å². The molecule has 2 heteroatoms. The molecule has 0 aliphatic rings. The van der Waals surface area contributed by atoms with Crippen LogP contribution < -0.4 is 4.74 Å². The molecule has 0 saturated carbocycles. The van der Waals surface area contributed by atoms with E-state index in [9.17, 15) is 0 Å². The zero-order chi connectivity index (χ0) is 13.7. The van der Waals surface area contributed by atoms with Crippen LogP contribution in [0.5, 0.6) is 5.75 Å². The first kappa shape index (κ1) is 14.8. The van der Waals surface area contributed by atoms with Gasteiger partial charge < -0.3 is 9.84 Å². The van der Waals surface area contributed by atoms with Crippen molar-refractivity contribution in [2.24, 2.45) is 0 Å². The molecule has 0 aliphatic carbocycles. The molecule has 0 fully saturated rings. The Bertz CT molecular complexity index is 445. The highest BCUT2D eigenvalue weighted by Crippen LogP contribution is 2.28. The highest BCUT2D eigenvalue weighted by molar-refractivity contribution is 5.48. The van der Waals surface area contributed by atoms with Crippen LogP contribution in [0.15, 0.2) is 17.7 Å². The van der Waals surface area contributed by atoms with Crippen molar-refractivity contribution < 1.29 is 9.84 Å². The van der Waals surface area contributed by atoms with Gasteiger partial charge in [-0.15, -0.1) is 0 Å². The number of ether oxygens (including phenoxy) is 1. The average molecular weight is 248 g/mol. The van der Waals surface area contributed by atoms with E-state index < -0.39 is 0 Å². The van der Waals surface area contributed by atoms with E-state index in [0.29, 0.717) is 0 Å². The van der Waals surface area contributed by atoms with Crippen LogP contribution in [0.4, 0.5) is 0 Å². The van der Waals surface area contributed by atoms with Gasteiger partial charge in [-0.05, 0) is 68.9 Å². The van der Waals surface area contributed by atoms with E-state index >= 15 is 0 Å². The van der Waals surface area contributed by atoms with Gasteiger partial charge in [0.2, 0.25) is 0 Å². The lowest BCUT2D eigenvalue weighted by Gasteiger charge is -2.16. The Hall–Kier alpha value is -1.28. The van der Waals surface area contributed by atoms with Gasteiger partial charge in [0.1, 0.15) is 5.75 Å². The Labute approximate surface area is 110 Å². The summed E-state index contributed by atoms with van der Waals surface area (Å²) in [5, 5.41) is 8.86. The normalized spacial score (nSPS) is 11.8. The third-order valence-electron chi connectivity index (χ3n) is 3.64. The van der Waals surface area contributed by atoms with Crippen LogP contribution in [-0.4, -0.2) is 18.8 Å². The molecule has 1 rings (SSSR count). The topological polar surface area (TPSA) is 29.5 Å². The summed E-state index contributed by atoms with van der Waals surface area (Å²) in [6.45, 7) is 8.59. The molecule has 0 spiro atoms. The summed E-state index contributed by atoms with van der Waals surface area (Å²) in [6.07, 6.45) is 3.89. The Morgan fingerprint density at radius 3 is 2.50 bits per heavy atom. The summed E-state index contributed by atoms with van der Waals surface area (Å²) in [6, 6.07) is 2.11. The molecule has 0 saturated heterocycles. The van der Waals surface area contributed by atoms with Crippen molar-refractivity contribution in [3.63, 3.8) is 0 Å². The van der Waals surface area contributed by atoms with Crippen LogP contribution in [0.2, 0.25) is 0 Å². The monoisotopic (exact) mass is 248 g/mol. The third-order valence-corrected chi connectivity index (χ3v) is 3.64. The Kier molecular flexibility index (Phi) is 5.42. The van der Waals surface area contributed by atoms with Crippen molar-refractivity contribution in [2.45, 2.75) is 40.5 Å². The van der Waals surface area contributed by atoms with Gasteiger partial charge in [0, 0.05) is 0 Å². The largest absolute Gasteiger partial charge is 0.496 e. The second kappa shape index (κ2) is 6.60. The second-order valence-electron chi connectivity index (χ2n) is 4.86. The summed E-state index contributed by atoms with van der Waals surface area (Å²) in [5.41, 5.74) is 6.47. The Morgan fingerprint density at radius 2 is 1.94 bits per heavy atom. The summed E-state index contributed by atoms with van der Waals surface area (Å²) in [4.78, 5) is 0. The predicted molar refractivity (Wildman–Crippen MR) is 76.4 cm³/mol. The number of hydrogen-bond donors (Lipinski definition) is 1. The van der Waals surface area contributed by atoms with Gasteiger partial charge in [-0.3, -0.25) is 0 Å². The maximum Gasteiger partial charge on any atom is 0.122 e. The van der Waals surface area contributed by atoms with Gasteiger partial charge in [0.15, 0.2) is 0 Å². The average Bonchev–Trinajstić information content (AvgIpc) is 2.34. The second-order valence-corrected chi connectivity index (χ2v) is 4.86. The maximum absolute atomic E-state index is 8.86. The van der Waals surface area contributed by atoms with Gasteiger partial charge in [0.25, 0.3) is 0 Å².